The smallest absolute Gasteiger partial charge is 0.179 e. The maximum absolute atomic E-state index is 6.60. The molecule has 4 aromatic carbocycles. The van der Waals surface area contributed by atoms with Crippen LogP contribution in [0.4, 0.5) is 17.1 Å². The maximum atomic E-state index is 6.60. The van der Waals surface area contributed by atoms with Gasteiger partial charge in [0.2, 0.25) is 0 Å². The number of aromatic nitrogens is 2. The average molecular weight is 745 g/mol. The minimum atomic E-state index is -0.0562. The maximum Gasteiger partial charge on any atom is 0.179 e. The largest absolute Gasteiger partial charge is 0.509 e. The van der Waals surface area contributed by atoms with Crippen molar-refractivity contribution in [1.29, 1.82) is 0 Å². The number of benzene rings is 4. The fourth-order valence-corrected chi connectivity index (χ4v) is 6.82. The first-order chi connectivity index (χ1) is 20.1. The summed E-state index contributed by atoms with van der Waals surface area (Å²) in [6.07, 6.45) is 1.84. The molecule has 2 aromatic heterocycles. The fraction of sp³-hybridized carbons (Fsp3) is 0.189. The van der Waals surface area contributed by atoms with E-state index in [4.69, 9.17) is 9.72 Å². The van der Waals surface area contributed by atoms with E-state index in [2.05, 4.69) is 125 Å². The Morgan fingerprint density at radius 2 is 1.65 bits per heavy atom. The summed E-state index contributed by atoms with van der Waals surface area (Å²) >= 11 is 0. The van der Waals surface area contributed by atoms with Gasteiger partial charge < -0.3 is 18.3 Å². The molecule has 3 aliphatic rings. The van der Waals surface area contributed by atoms with Gasteiger partial charge >= 0.3 is 0 Å². The summed E-state index contributed by atoms with van der Waals surface area (Å²) in [4.78, 5) is 4.73. The summed E-state index contributed by atoms with van der Waals surface area (Å²) in [5.74, 6) is 1.35. The molecule has 1 saturated heterocycles. The SMILES string of the molecule is Cc1ccc2c(c1)[N@@+]1(C)[CH-][N@+]2(c2[c-]c(Oc3[c-]c(-n4c5ccccc5c5cccnc54)ccc3)cc(C(C)(C)C)c2)C1.[Pt]. The number of pyridine rings is 1. The Balaban J connectivity index is 0.00000300. The van der Waals surface area contributed by atoms with Crippen molar-refractivity contribution >= 4 is 39.0 Å². The molecule has 0 aliphatic carbocycles. The predicted octanol–water partition coefficient (Wildman–Crippen LogP) is 8.85. The summed E-state index contributed by atoms with van der Waals surface area (Å²) < 4.78 is 10.3. The molecule has 3 aliphatic heterocycles. The number of hydrogen-bond acceptors (Lipinski definition) is 2. The van der Waals surface area contributed by atoms with E-state index in [0.29, 0.717) is 16.0 Å². The number of ether oxygens (including phenoxy) is 1. The van der Waals surface area contributed by atoms with Gasteiger partial charge in [0.1, 0.15) is 5.65 Å². The monoisotopic (exact) mass is 744 g/mol. The number of quaternary nitrogens is 2. The van der Waals surface area contributed by atoms with Crippen LogP contribution in [-0.2, 0) is 26.5 Å². The number of nitrogens with zero attached hydrogens (tertiary/aromatic N) is 4. The second kappa shape index (κ2) is 9.62. The molecule has 6 heteroatoms. The Kier molecular flexibility index (Phi) is 6.27. The molecule has 5 nitrogen and oxygen atoms in total. The van der Waals surface area contributed by atoms with Crippen molar-refractivity contribution in [3.05, 3.63) is 121 Å². The number of rotatable bonds is 4. The van der Waals surface area contributed by atoms with Crippen molar-refractivity contribution in [2.24, 2.45) is 0 Å². The number of para-hydroxylation sites is 1. The van der Waals surface area contributed by atoms with Gasteiger partial charge in [0.05, 0.1) is 19.2 Å². The topological polar surface area (TPSA) is 27.1 Å². The molecule has 218 valence electrons. The van der Waals surface area contributed by atoms with Crippen LogP contribution < -0.4 is 13.7 Å². The van der Waals surface area contributed by atoms with Crippen molar-refractivity contribution in [1.82, 2.24) is 18.5 Å². The molecule has 0 radical (unpaired) electrons. The van der Waals surface area contributed by atoms with Gasteiger partial charge in [-0.1, -0.05) is 56.8 Å². The van der Waals surface area contributed by atoms with E-state index in [-0.39, 0.29) is 26.5 Å². The van der Waals surface area contributed by atoms with Crippen molar-refractivity contribution in [2.75, 3.05) is 13.7 Å². The molecule has 0 unspecified atom stereocenters. The third-order valence-corrected chi connectivity index (χ3v) is 8.85. The molecule has 2 atom stereocenters. The molecular weight excluding hydrogens is 712 g/mol. The van der Waals surface area contributed by atoms with E-state index < -0.39 is 0 Å². The summed E-state index contributed by atoms with van der Waals surface area (Å²) in [6, 6.07) is 37.1. The van der Waals surface area contributed by atoms with Crippen LogP contribution in [0.5, 0.6) is 11.5 Å². The molecule has 43 heavy (non-hydrogen) atoms. The molecular formula is C37H33N4OPt-. The van der Waals surface area contributed by atoms with Gasteiger partial charge in [-0.05, 0) is 36.1 Å². The molecule has 0 amide bonds. The first kappa shape index (κ1) is 28.0. The second-order valence-corrected chi connectivity index (χ2v) is 13.0. The molecule has 2 bridgehead atoms. The summed E-state index contributed by atoms with van der Waals surface area (Å²) in [5, 5.41) is 2.29. The van der Waals surface area contributed by atoms with Crippen LogP contribution in [0.3, 0.4) is 0 Å². The minimum Gasteiger partial charge on any atom is -0.509 e. The zero-order valence-corrected chi connectivity index (χ0v) is 27.2. The van der Waals surface area contributed by atoms with Crippen LogP contribution in [0, 0.1) is 25.7 Å². The Labute approximate surface area is 267 Å². The molecule has 0 spiro atoms. The van der Waals surface area contributed by atoms with Gasteiger partial charge in [0, 0.05) is 67.4 Å². The third kappa shape index (κ3) is 4.21. The molecule has 6 aromatic rings. The van der Waals surface area contributed by atoms with Crippen LogP contribution >= 0.6 is 0 Å². The van der Waals surface area contributed by atoms with Crippen LogP contribution in [0.2, 0.25) is 0 Å². The van der Waals surface area contributed by atoms with Gasteiger partial charge in [-0.3, -0.25) is 0 Å². The first-order valence-electron chi connectivity index (χ1n) is 14.5. The Morgan fingerprint density at radius 3 is 2.47 bits per heavy atom. The summed E-state index contributed by atoms with van der Waals surface area (Å²) in [7, 11) is 2.29. The van der Waals surface area contributed by atoms with E-state index >= 15 is 0 Å². The quantitative estimate of drug-likeness (QED) is 0.133. The van der Waals surface area contributed by atoms with E-state index in [1.807, 2.05) is 24.4 Å². The van der Waals surface area contributed by atoms with Gasteiger partial charge in [-0.2, -0.15) is 6.07 Å². The van der Waals surface area contributed by atoms with E-state index in [1.165, 1.54) is 27.9 Å². The first-order valence-corrected chi connectivity index (χ1v) is 14.5. The molecule has 0 N–H and O–H groups in total. The van der Waals surface area contributed by atoms with E-state index in [1.54, 1.807) is 0 Å². The molecule has 0 saturated carbocycles. The second-order valence-electron chi connectivity index (χ2n) is 13.0. The Hall–Kier alpha value is -3.76. The van der Waals surface area contributed by atoms with Crippen molar-refractivity contribution < 1.29 is 25.8 Å². The zero-order valence-electron chi connectivity index (χ0n) is 25.0. The number of fused-ring (bicyclic) bond motifs is 3. The van der Waals surface area contributed by atoms with Crippen LogP contribution in [0.1, 0.15) is 31.9 Å². The predicted molar refractivity (Wildman–Crippen MR) is 171 cm³/mol. The van der Waals surface area contributed by atoms with Gasteiger partial charge in [0.25, 0.3) is 0 Å². The number of hydrogen-bond donors (Lipinski definition) is 0. The standard InChI is InChI=1S/C37H33N4O.Pt/c1-25-15-16-34-35(18-25)40(5)23-41(34,24-40)28-19-26(37(2,3)4)20-30(22-28)42-29-11-8-10-27(21-29)39-33-14-7-6-12-31(33)32-13-9-17-38-36(32)39;/h6-20,23H,24H2,1-5H3;/q-1;/t40-,41+;/m0./s1. The molecule has 9 rings (SSSR count). The summed E-state index contributed by atoms with van der Waals surface area (Å²) in [6.45, 7) is 12.3. The third-order valence-electron chi connectivity index (χ3n) is 8.85. The zero-order chi connectivity index (χ0) is 28.9. The van der Waals surface area contributed by atoms with Crippen LogP contribution in [-0.4, -0.2) is 23.3 Å². The minimum absolute atomic E-state index is 0. The fourth-order valence-electron chi connectivity index (χ4n) is 6.82. The van der Waals surface area contributed by atoms with E-state index in [9.17, 15) is 0 Å². The van der Waals surface area contributed by atoms with Crippen molar-refractivity contribution in [3.8, 4) is 17.2 Å². The normalized spacial score (nSPS) is 20.5. The van der Waals surface area contributed by atoms with Crippen LogP contribution in [0.15, 0.2) is 91.1 Å². The Bertz CT molecular complexity index is 2000. The average Bonchev–Trinajstić information content (AvgIpc) is 3.51. The van der Waals surface area contributed by atoms with Crippen LogP contribution in [0.25, 0.3) is 27.6 Å². The Morgan fingerprint density at radius 1 is 0.860 bits per heavy atom. The van der Waals surface area contributed by atoms with E-state index in [0.717, 1.165) is 39.1 Å². The molecule has 1 fully saturated rings. The summed E-state index contributed by atoms with van der Waals surface area (Å²) in [5.41, 5.74) is 9.14. The van der Waals surface area contributed by atoms with Gasteiger partial charge in [-0.15, -0.1) is 35.9 Å². The number of aryl methyl sites for hydroxylation is 1. The van der Waals surface area contributed by atoms with Gasteiger partial charge in [0.15, 0.2) is 18.0 Å². The molecule has 5 heterocycles. The van der Waals surface area contributed by atoms with Crippen molar-refractivity contribution in [2.45, 2.75) is 33.1 Å². The van der Waals surface area contributed by atoms with Crippen molar-refractivity contribution in [3.63, 3.8) is 0 Å². The van der Waals surface area contributed by atoms with Gasteiger partial charge in [-0.25, -0.2) is 4.98 Å².